The lowest BCUT2D eigenvalue weighted by Crippen LogP contribution is -2.38. The van der Waals surface area contributed by atoms with Crippen molar-refractivity contribution in [1.29, 1.82) is 0 Å². The van der Waals surface area contributed by atoms with Crippen molar-refractivity contribution in [2.75, 3.05) is 23.3 Å². The van der Waals surface area contributed by atoms with E-state index >= 15 is 0 Å². The largest absolute Gasteiger partial charge is 0.423 e. The summed E-state index contributed by atoms with van der Waals surface area (Å²) in [5, 5.41) is 3.63. The standard InChI is InChI=1S/C21H22N6O2S/c1-13-17(18-22-9-12-26(18)2)30-20(23-13)25-19(28)14-7-10-27(11-8-14)21-24-15-5-3-4-6-16(15)29-21/h3-6,9,12,14H,7-8,10-11H2,1-2H3,(H,23,25,28). The van der Waals surface area contributed by atoms with Crippen molar-refractivity contribution in [1.82, 2.24) is 19.5 Å². The van der Waals surface area contributed by atoms with Crippen LogP contribution < -0.4 is 10.2 Å². The Morgan fingerprint density at radius 2 is 2.03 bits per heavy atom. The minimum atomic E-state index is -0.0496. The summed E-state index contributed by atoms with van der Waals surface area (Å²) in [7, 11) is 1.95. The van der Waals surface area contributed by atoms with Crippen LogP contribution in [0.4, 0.5) is 11.1 Å². The smallest absolute Gasteiger partial charge is 0.298 e. The number of oxazole rings is 1. The number of amides is 1. The number of carbonyl (C=O) groups is 1. The molecule has 4 aromatic rings. The summed E-state index contributed by atoms with van der Waals surface area (Å²) in [6.45, 7) is 3.41. The number of piperidine rings is 1. The molecule has 5 rings (SSSR count). The number of aromatic nitrogens is 4. The van der Waals surface area contributed by atoms with Gasteiger partial charge in [-0.3, -0.25) is 4.79 Å². The van der Waals surface area contributed by atoms with Gasteiger partial charge >= 0.3 is 0 Å². The topological polar surface area (TPSA) is 89.1 Å². The van der Waals surface area contributed by atoms with Crippen LogP contribution in [0.15, 0.2) is 41.1 Å². The molecule has 0 aliphatic carbocycles. The number of rotatable bonds is 4. The summed E-state index contributed by atoms with van der Waals surface area (Å²) < 4.78 is 7.81. The number of hydrogen-bond acceptors (Lipinski definition) is 7. The van der Waals surface area contributed by atoms with Crippen molar-refractivity contribution in [2.24, 2.45) is 13.0 Å². The number of aryl methyl sites for hydroxylation is 2. The molecule has 3 aromatic heterocycles. The van der Waals surface area contributed by atoms with Crippen molar-refractivity contribution in [3.05, 3.63) is 42.4 Å². The quantitative estimate of drug-likeness (QED) is 0.537. The number of thiazole rings is 1. The van der Waals surface area contributed by atoms with Crippen LogP contribution >= 0.6 is 11.3 Å². The van der Waals surface area contributed by atoms with Crippen molar-refractivity contribution in [3.8, 4) is 10.7 Å². The fourth-order valence-corrected chi connectivity index (χ4v) is 4.79. The molecule has 0 unspecified atom stereocenters. The lowest BCUT2D eigenvalue weighted by molar-refractivity contribution is -0.120. The van der Waals surface area contributed by atoms with E-state index < -0.39 is 0 Å². The van der Waals surface area contributed by atoms with E-state index in [0.717, 1.165) is 53.4 Å². The van der Waals surface area contributed by atoms with E-state index in [1.165, 1.54) is 11.3 Å². The van der Waals surface area contributed by atoms with Gasteiger partial charge in [-0.05, 0) is 31.9 Å². The second-order valence-electron chi connectivity index (χ2n) is 7.51. The molecule has 154 valence electrons. The Kier molecular flexibility index (Phi) is 4.74. The van der Waals surface area contributed by atoms with Crippen LogP contribution in [0.2, 0.25) is 0 Å². The van der Waals surface area contributed by atoms with Gasteiger partial charge in [-0.1, -0.05) is 23.5 Å². The van der Waals surface area contributed by atoms with Gasteiger partial charge in [0.25, 0.3) is 6.01 Å². The number of nitrogens with one attached hydrogen (secondary N) is 1. The predicted molar refractivity (Wildman–Crippen MR) is 117 cm³/mol. The molecule has 1 fully saturated rings. The molecule has 1 N–H and O–H groups in total. The van der Waals surface area contributed by atoms with Crippen LogP contribution in [0.5, 0.6) is 0 Å². The fraction of sp³-hybridized carbons (Fsp3) is 0.333. The van der Waals surface area contributed by atoms with Crippen molar-refractivity contribution in [2.45, 2.75) is 19.8 Å². The number of fused-ring (bicyclic) bond motifs is 1. The third kappa shape index (κ3) is 3.45. The van der Waals surface area contributed by atoms with Gasteiger partial charge in [-0.15, -0.1) is 0 Å². The number of nitrogens with zero attached hydrogens (tertiary/aromatic N) is 5. The monoisotopic (exact) mass is 422 g/mol. The maximum absolute atomic E-state index is 12.8. The highest BCUT2D eigenvalue weighted by molar-refractivity contribution is 7.19. The zero-order valence-electron chi connectivity index (χ0n) is 16.8. The zero-order chi connectivity index (χ0) is 20.7. The predicted octanol–water partition coefficient (Wildman–Crippen LogP) is 3.85. The molecular weight excluding hydrogens is 400 g/mol. The lowest BCUT2D eigenvalue weighted by Gasteiger charge is -2.29. The fourth-order valence-electron chi connectivity index (χ4n) is 3.78. The first-order valence-electron chi connectivity index (χ1n) is 9.95. The van der Waals surface area contributed by atoms with Crippen LogP contribution in [-0.4, -0.2) is 38.5 Å². The Bertz CT molecular complexity index is 1170. The molecule has 30 heavy (non-hydrogen) atoms. The molecule has 1 aliphatic heterocycles. The first-order chi connectivity index (χ1) is 14.6. The van der Waals surface area contributed by atoms with E-state index in [9.17, 15) is 4.79 Å². The van der Waals surface area contributed by atoms with Gasteiger partial charge in [0.15, 0.2) is 16.5 Å². The number of anilines is 2. The highest BCUT2D eigenvalue weighted by Gasteiger charge is 2.28. The Hall–Kier alpha value is -3.20. The summed E-state index contributed by atoms with van der Waals surface area (Å²) >= 11 is 1.46. The summed E-state index contributed by atoms with van der Waals surface area (Å²) in [6, 6.07) is 8.38. The first kappa shape index (κ1) is 18.8. The average molecular weight is 423 g/mol. The third-order valence-electron chi connectivity index (χ3n) is 5.47. The number of imidazole rings is 1. The Morgan fingerprint density at radius 3 is 2.77 bits per heavy atom. The van der Waals surface area contributed by atoms with Gasteiger partial charge in [-0.25, -0.2) is 9.97 Å². The van der Waals surface area contributed by atoms with Gasteiger partial charge in [0.05, 0.1) is 10.6 Å². The van der Waals surface area contributed by atoms with Crippen molar-refractivity contribution in [3.63, 3.8) is 0 Å². The number of benzene rings is 1. The molecule has 8 nitrogen and oxygen atoms in total. The number of para-hydroxylation sites is 2. The molecule has 0 saturated carbocycles. The molecule has 1 saturated heterocycles. The van der Waals surface area contributed by atoms with Crippen LogP contribution in [-0.2, 0) is 11.8 Å². The minimum absolute atomic E-state index is 0.0207. The second kappa shape index (κ2) is 7.56. The lowest BCUT2D eigenvalue weighted by atomic mass is 9.96. The van der Waals surface area contributed by atoms with E-state index in [2.05, 4.69) is 25.2 Å². The normalized spacial score (nSPS) is 15.1. The van der Waals surface area contributed by atoms with E-state index in [-0.39, 0.29) is 11.8 Å². The Labute approximate surface area is 177 Å². The molecule has 1 aliphatic rings. The van der Waals surface area contributed by atoms with Gasteiger partial charge in [0.1, 0.15) is 5.52 Å². The highest BCUT2D eigenvalue weighted by Crippen LogP contribution is 2.32. The van der Waals surface area contributed by atoms with Crippen molar-refractivity contribution < 1.29 is 9.21 Å². The molecule has 1 aromatic carbocycles. The van der Waals surface area contributed by atoms with Crippen LogP contribution in [0, 0.1) is 12.8 Å². The van der Waals surface area contributed by atoms with Gasteiger partial charge in [0, 0.05) is 38.4 Å². The summed E-state index contributed by atoms with van der Waals surface area (Å²) in [4.78, 5) is 29.4. The van der Waals surface area contributed by atoms with E-state index in [4.69, 9.17) is 4.42 Å². The zero-order valence-corrected chi connectivity index (χ0v) is 17.6. The average Bonchev–Trinajstić information content (AvgIpc) is 3.46. The Morgan fingerprint density at radius 1 is 1.23 bits per heavy atom. The maximum Gasteiger partial charge on any atom is 0.298 e. The second-order valence-corrected chi connectivity index (χ2v) is 8.51. The third-order valence-corrected chi connectivity index (χ3v) is 6.54. The molecule has 0 bridgehead atoms. The van der Waals surface area contributed by atoms with Gasteiger partial charge in [-0.2, -0.15) is 4.98 Å². The SMILES string of the molecule is Cc1nc(NC(=O)C2CCN(c3nc4ccccc4o3)CC2)sc1-c1nccn1C. The molecule has 4 heterocycles. The molecule has 0 atom stereocenters. The molecule has 1 amide bonds. The highest BCUT2D eigenvalue weighted by atomic mass is 32.1. The van der Waals surface area contributed by atoms with Crippen LogP contribution in [0.1, 0.15) is 18.5 Å². The summed E-state index contributed by atoms with van der Waals surface area (Å²) in [5.74, 6) is 0.830. The maximum atomic E-state index is 12.8. The van der Waals surface area contributed by atoms with Crippen molar-refractivity contribution >= 4 is 39.5 Å². The summed E-state index contributed by atoms with van der Waals surface area (Å²) in [6.07, 6.45) is 5.16. The molecule has 0 spiro atoms. The number of hydrogen-bond donors (Lipinski definition) is 1. The van der Waals surface area contributed by atoms with Crippen LogP contribution in [0.25, 0.3) is 21.8 Å². The number of carbonyl (C=O) groups excluding carboxylic acids is 1. The van der Waals surface area contributed by atoms with Gasteiger partial charge in [0.2, 0.25) is 5.91 Å². The molecular formula is C21H22N6O2S. The molecule has 9 heteroatoms. The van der Waals surface area contributed by atoms with E-state index in [1.807, 2.05) is 49.0 Å². The van der Waals surface area contributed by atoms with Crippen LogP contribution in [0.3, 0.4) is 0 Å². The minimum Gasteiger partial charge on any atom is -0.423 e. The van der Waals surface area contributed by atoms with E-state index in [0.29, 0.717) is 11.1 Å². The first-order valence-corrected chi connectivity index (χ1v) is 10.8. The molecule has 0 radical (unpaired) electrons. The van der Waals surface area contributed by atoms with E-state index in [1.54, 1.807) is 6.20 Å². The summed E-state index contributed by atoms with van der Waals surface area (Å²) in [5.41, 5.74) is 2.51. The van der Waals surface area contributed by atoms with Gasteiger partial charge < -0.3 is 19.2 Å². The Balaban J connectivity index is 1.22.